The molecule has 5 rings (SSSR count). The Balaban J connectivity index is 1.30. The van der Waals surface area contributed by atoms with Crippen LogP contribution in [0, 0.1) is 12.7 Å². The van der Waals surface area contributed by atoms with Crippen LogP contribution in [0.3, 0.4) is 0 Å². The minimum atomic E-state index is -4.54. The summed E-state index contributed by atoms with van der Waals surface area (Å²) < 4.78 is 97.4. The molecule has 3 amide bonds. The molecular formula is C29H21F7N6O3S. The van der Waals surface area contributed by atoms with Gasteiger partial charge in [-0.3, -0.25) is 14.3 Å². The number of aromatic nitrogens is 3. The number of hydrogen-bond acceptors (Lipinski definition) is 6. The Labute approximate surface area is 260 Å². The maximum absolute atomic E-state index is 15.0. The van der Waals surface area contributed by atoms with E-state index < -0.39 is 48.9 Å². The quantitative estimate of drug-likeness (QED) is 0.210. The van der Waals surface area contributed by atoms with Gasteiger partial charge >= 0.3 is 18.4 Å². The van der Waals surface area contributed by atoms with E-state index in [1.165, 1.54) is 35.3 Å². The van der Waals surface area contributed by atoms with Gasteiger partial charge in [0.1, 0.15) is 24.6 Å². The number of carbonyl (C=O) groups excluding carboxylic acids is 2. The second-order valence-electron chi connectivity index (χ2n) is 9.85. The standard InChI is InChI=1S/C29H21F7N6O3S/c1-16-2-3-18(12-45-14-28(31,32)33)23(8-16)42-25(43)13-46-27(42)40-26(44)39-21-6-4-17(9-20(21)30)22-11-41(15-38-22)24-7-5-19(10-37-24)29(34,35)36/h2-11,15H,12-14H2,1H3,(H,39,44)/b40-27-. The number of alkyl halides is 6. The monoisotopic (exact) mass is 666 g/mol. The van der Waals surface area contributed by atoms with Crippen molar-refractivity contribution in [3.8, 4) is 17.1 Å². The third kappa shape index (κ3) is 7.71. The summed E-state index contributed by atoms with van der Waals surface area (Å²) in [5, 5.41) is 2.23. The molecule has 1 aliphatic heterocycles. The number of imidazole rings is 1. The van der Waals surface area contributed by atoms with Crippen molar-refractivity contribution in [3.63, 3.8) is 0 Å². The lowest BCUT2D eigenvalue weighted by atomic mass is 10.1. The van der Waals surface area contributed by atoms with Crippen molar-refractivity contribution in [3.05, 3.63) is 89.8 Å². The van der Waals surface area contributed by atoms with E-state index in [-0.39, 0.29) is 44.9 Å². The van der Waals surface area contributed by atoms with Crippen LogP contribution < -0.4 is 10.2 Å². The number of nitrogens with zero attached hydrogens (tertiary/aromatic N) is 5. The van der Waals surface area contributed by atoms with Crippen molar-refractivity contribution >= 4 is 40.2 Å². The zero-order chi connectivity index (χ0) is 33.2. The van der Waals surface area contributed by atoms with Crippen LogP contribution in [0.1, 0.15) is 16.7 Å². The largest absolute Gasteiger partial charge is 0.417 e. The molecule has 17 heteroatoms. The Morgan fingerprint density at radius 1 is 1.07 bits per heavy atom. The van der Waals surface area contributed by atoms with Gasteiger partial charge in [0, 0.05) is 23.5 Å². The molecule has 0 radical (unpaired) electrons. The van der Waals surface area contributed by atoms with Crippen LogP contribution in [-0.4, -0.2) is 50.2 Å². The molecule has 0 saturated carbocycles. The normalized spacial score (nSPS) is 14.7. The molecule has 4 aromatic rings. The third-order valence-electron chi connectivity index (χ3n) is 6.40. The fraction of sp³-hybridized carbons (Fsp3) is 0.207. The van der Waals surface area contributed by atoms with Crippen LogP contribution in [-0.2, 0) is 22.3 Å². The van der Waals surface area contributed by atoms with Crippen molar-refractivity contribution in [1.82, 2.24) is 14.5 Å². The fourth-order valence-electron chi connectivity index (χ4n) is 4.27. The molecule has 0 spiro atoms. The molecule has 1 fully saturated rings. The maximum atomic E-state index is 15.0. The number of carbonyl (C=O) groups is 2. The van der Waals surface area contributed by atoms with Gasteiger partial charge in [0.15, 0.2) is 5.17 Å². The van der Waals surface area contributed by atoms with E-state index in [9.17, 15) is 35.9 Å². The van der Waals surface area contributed by atoms with Crippen molar-refractivity contribution in [2.45, 2.75) is 25.9 Å². The summed E-state index contributed by atoms with van der Waals surface area (Å²) in [5.74, 6) is -1.27. The number of pyridine rings is 1. The molecule has 0 atom stereocenters. The van der Waals surface area contributed by atoms with E-state index >= 15 is 4.39 Å². The van der Waals surface area contributed by atoms with E-state index in [0.29, 0.717) is 11.8 Å². The molecule has 0 aliphatic carbocycles. The number of anilines is 2. The number of amides is 3. The number of benzene rings is 2. The summed E-state index contributed by atoms with van der Waals surface area (Å²) in [7, 11) is 0. The predicted molar refractivity (Wildman–Crippen MR) is 155 cm³/mol. The second kappa shape index (κ2) is 12.9. The zero-order valence-corrected chi connectivity index (χ0v) is 24.3. The molecule has 240 valence electrons. The Morgan fingerprint density at radius 2 is 1.85 bits per heavy atom. The van der Waals surface area contributed by atoms with Crippen molar-refractivity contribution < 1.29 is 45.1 Å². The molecule has 1 aliphatic rings. The van der Waals surface area contributed by atoms with Crippen LogP contribution in [0.2, 0.25) is 0 Å². The first kappa shape index (κ1) is 32.6. The Bertz CT molecular complexity index is 1810. The predicted octanol–water partition coefficient (Wildman–Crippen LogP) is 7.15. The highest BCUT2D eigenvalue weighted by atomic mass is 32.2. The number of urea groups is 1. The Hall–Kier alpha value is -4.77. The summed E-state index contributed by atoms with van der Waals surface area (Å²) in [4.78, 5) is 38.5. The lowest BCUT2D eigenvalue weighted by molar-refractivity contribution is -0.176. The first-order valence-electron chi connectivity index (χ1n) is 13.1. The average Bonchev–Trinajstić information content (AvgIpc) is 3.61. The number of aliphatic imine (C=N–C) groups is 1. The fourth-order valence-corrected chi connectivity index (χ4v) is 5.13. The molecule has 1 saturated heterocycles. The van der Waals surface area contributed by atoms with Gasteiger partial charge in [-0.05, 0) is 42.8 Å². The van der Waals surface area contributed by atoms with Crippen LogP contribution in [0.5, 0.6) is 0 Å². The van der Waals surface area contributed by atoms with Crippen molar-refractivity contribution in [2.75, 3.05) is 22.6 Å². The van der Waals surface area contributed by atoms with Crippen molar-refractivity contribution in [2.24, 2.45) is 4.99 Å². The zero-order valence-electron chi connectivity index (χ0n) is 23.5. The second-order valence-corrected chi connectivity index (χ2v) is 10.8. The summed E-state index contributed by atoms with van der Waals surface area (Å²) in [6.07, 6.45) is -5.67. The van der Waals surface area contributed by atoms with Gasteiger partial charge in [0.2, 0.25) is 5.91 Å². The number of aryl methyl sites for hydroxylation is 1. The summed E-state index contributed by atoms with van der Waals surface area (Å²) in [6.45, 7) is -0.238. The Morgan fingerprint density at radius 3 is 2.52 bits per heavy atom. The van der Waals surface area contributed by atoms with Gasteiger partial charge in [-0.25, -0.2) is 19.2 Å². The summed E-state index contributed by atoms with van der Waals surface area (Å²) >= 11 is 0.921. The first-order chi connectivity index (χ1) is 21.7. The maximum Gasteiger partial charge on any atom is 0.417 e. The number of rotatable bonds is 7. The van der Waals surface area contributed by atoms with E-state index in [1.54, 1.807) is 19.1 Å². The third-order valence-corrected chi connectivity index (χ3v) is 7.32. The van der Waals surface area contributed by atoms with Crippen LogP contribution in [0.4, 0.5) is 46.9 Å². The summed E-state index contributed by atoms with van der Waals surface area (Å²) in [6, 6.07) is 9.48. The highest BCUT2D eigenvalue weighted by Crippen LogP contribution is 2.32. The number of nitrogens with one attached hydrogen (secondary N) is 1. The number of ether oxygens (including phenoxy) is 1. The highest BCUT2D eigenvalue weighted by molar-refractivity contribution is 8.15. The lowest BCUT2D eigenvalue weighted by Gasteiger charge is -2.21. The van der Waals surface area contributed by atoms with Crippen LogP contribution in [0.15, 0.2) is 72.2 Å². The molecule has 0 bridgehead atoms. The average molecular weight is 667 g/mol. The molecule has 46 heavy (non-hydrogen) atoms. The van der Waals surface area contributed by atoms with Gasteiger partial charge in [-0.1, -0.05) is 30.0 Å². The number of amidine groups is 1. The Kier molecular flexibility index (Phi) is 9.16. The van der Waals surface area contributed by atoms with Crippen LogP contribution >= 0.6 is 11.8 Å². The molecule has 2 aromatic heterocycles. The van der Waals surface area contributed by atoms with Gasteiger partial charge in [-0.15, -0.1) is 0 Å². The SMILES string of the molecule is Cc1ccc(COCC(F)(F)F)c(N2C(=O)CS/C2=N\C(=O)Nc2ccc(-c3cn(-c4ccc(C(F)(F)F)cn4)cn3)cc2F)c1. The first-order valence-corrected chi connectivity index (χ1v) is 14.1. The van der Waals surface area contributed by atoms with Crippen molar-refractivity contribution in [1.29, 1.82) is 0 Å². The van der Waals surface area contributed by atoms with Gasteiger partial charge in [-0.2, -0.15) is 31.3 Å². The summed E-state index contributed by atoms with van der Waals surface area (Å²) in [5.41, 5.74) is 0.535. The van der Waals surface area contributed by atoms with E-state index in [2.05, 4.69) is 20.3 Å². The molecule has 2 aromatic carbocycles. The minimum absolute atomic E-state index is 0.0652. The lowest BCUT2D eigenvalue weighted by Crippen LogP contribution is -2.31. The highest BCUT2D eigenvalue weighted by Gasteiger charge is 2.33. The smallest absolute Gasteiger partial charge is 0.367 e. The van der Waals surface area contributed by atoms with Gasteiger partial charge in [0.25, 0.3) is 0 Å². The number of thioether (sulfide) groups is 1. The molecular weight excluding hydrogens is 645 g/mol. The van der Waals surface area contributed by atoms with E-state index in [4.69, 9.17) is 4.74 Å². The van der Waals surface area contributed by atoms with Gasteiger partial charge in [0.05, 0.1) is 35.0 Å². The molecule has 9 nitrogen and oxygen atoms in total. The molecule has 3 heterocycles. The number of halogens is 7. The topological polar surface area (TPSA) is 102 Å². The van der Waals surface area contributed by atoms with Crippen LogP contribution in [0.25, 0.3) is 17.1 Å². The van der Waals surface area contributed by atoms with E-state index in [1.807, 2.05) is 0 Å². The molecule has 0 unspecified atom stereocenters. The minimum Gasteiger partial charge on any atom is -0.367 e. The molecule has 1 N–H and O–H groups in total. The van der Waals surface area contributed by atoms with Gasteiger partial charge < -0.3 is 10.1 Å². The van der Waals surface area contributed by atoms with E-state index in [0.717, 1.165) is 34.9 Å². The number of hydrogen-bond donors (Lipinski definition) is 1.